The van der Waals surface area contributed by atoms with Crippen LogP contribution in [0.3, 0.4) is 0 Å². The predicted octanol–water partition coefficient (Wildman–Crippen LogP) is 5.31. The highest BCUT2D eigenvalue weighted by atomic mass is 16.5. The minimum atomic E-state index is -0.435. The first-order valence-corrected chi connectivity index (χ1v) is 10.3. The average Bonchev–Trinajstić information content (AvgIpc) is 3.42. The molecule has 0 spiro atoms. The van der Waals surface area contributed by atoms with Gasteiger partial charge in [-0.2, -0.15) is 0 Å². The van der Waals surface area contributed by atoms with Crippen molar-refractivity contribution < 1.29 is 18.7 Å². The minimum Gasteiger partial charge on any atom is -0.464 e. The standard InChI is InChI=1S/C25H23NO4/c1-15-11-21(16(2)26(15)19-8-9-19)22(27)14-30-24(28)12-18-13-29-23-10-7-17-5-3-4-6-20(17)25(18)23/h3-7,10-11,13,19H,8-9,12,14H2,1-2H3. The fourth-order valence-electron chi connectivity index (χ4n) is 4.39. The Labute approximate surface area is 174 Å². The van der Waals surface area contributed by atoms with E-state index in [-0.39, 0.29) is 18.8 Å². The normalized spacial score (nSPS) is 13.8. The Bertz CT molecular complexity index is 1290. The van der Waals surface area contributed by atoms with Gasteiger partial charge in [0.1, 0.15) is 5.58 Å². The molecule has 5 nitrogen and oxygen atoms in total. The van der Waals surface area contributed by atoms with Crippen molar-refractivity contribution in [2.45, 2.75) is 39.2 Å². The van der Waals surface area contributed by atoms with Crippen molar-refractivity contribution in [2.24, 2.45) is 0 Å². The van der Waals surface area contributed by atoms with Crippen LogP contribution in [0.2, 0.25) is 0 Å². The molecule has 0 radical (unpaired) electrons. The second-order valence-electron chi connectivity index (χ2n) is 8.07. The number of hydrogen-bond donors (Lipinski definition) is 0. The third-order valence-corrected chi connectivity index (χ3v) is 5.94. The van der Waals surface area contributed by atoms with E-state index in [1.807, 2.05) is 56.3 Å². The van der Waals surface area contributed by atoms with Crippen molar-refractivity contribution in [3.8, 4) is 0 Å². The molecule has 4 aromatic rings. The number of ketones is 1. The number of benzene rings is 2. The molecule has 2 heterocycles. The lowest BCUT2D eigenvalue weighted by atomic mass is 10.0. The van der Waals surface area contributed by atoms with Crippen LogP contribution in [0.15, 0.2) is 53.1 Å². The number of ether oxygens (including phenoxy) is 1. The summed E-state index contributed by atoms with van der Waals surface area (Å²) < 4.78 is 13.2. The van der Waals surface area contributed by atoms with Gasteiger partial charge in [0, 0.05) is 33.9 Å². The summed E-state index contributed by atoms with van der Waals surface area (Å²) in [6, 6.07) is 14.3. The van der Waals surface area contributed by atoms with Gasteiger partial charge < -0.3 is 13.7 Å². The van der Waals surface area contributed by atoms with E-state index in [1.54, 1.807) is 6.26 Å². The van der Waals surface area contributed by atoms with E-state index in [9.17, 15) is 9.59 Å². The Morgan fingerprint density at radius 2 is 1.93 bits per heavy atom. The number of aryl methyl sites for hydroxylation is 1. The number of furan rings is 1. The lowest BCUT2D eigenvalue weighted by molar-refractivity contribution is -0.141. The topological polar surface area (TPSA) is 61.4 Å². The number of nitrogens with zero attached hydrogens (tertiary/aromatic N) is 1. The molecule has 0 saturated heterocycles. The van der Waals surface area contributed by atoms with Crippen LogP contribution in [0.4, 0.5) is 0 Å². The molecular formula is C25H23NO4. The molecule has 5 heteroatoms. The average molecular weight is 401 g/mol. The van der Waals surface area contributed by atoms with Gasteiger partial charge in [0.15, 0.2) is 6.61 Å². The molecule has 1 saturated carbocycles. The van der Waals surface area contributed by atoms with Crippen molar-refractivity contribution in [1.29, 1.82) is 0 Å². The Morgan fingerprint density at radius 1 is 1.13 bits per heavy atom. The molecule has 1 fully saturated rings. The molecule has 0 unspecified atom stereocenters. The molecule has 2 aromatic heterocycles. The molecule has 1 aliphatic carbocycles. The summed E-state index contributed by atoms with van der Waals surface area (Å²) in [5.74, 6) is -0.596. The molecule has 0 aliphatic heterocycles. The molecule has 2 aromatic carbocycles. The molecule has 5 rings (SSSR count). The van der Waals surface area contributed by atoms with E-state index in [0.717, 1.165) is 51.5 Å². The smallest absolute Gasteiger partial charge is 0.310 e. The van der Waals surface area contributed by atoms with Crippen molar-refractivity contribution in [3.63, 3.8) is 0 Å². The Hall–Kier alpha value is -3.34. The summed E-state index contributed by atoms with van der Waals surface area (Å²) in [6.45, 7) is 3.73. The van der Waals surface area contributed by atoms with Crippen LogP contribution in [0, 0.1) is 13.8 Å². The first kappa shape index (κ1) is 18.7. The third-order valence-electron chi connectivity index (χ3n) is 5.94. The van der Waals surface area contributed by atoms with E-state index in [1.165, 1.54) is 0 Å². The van der Waals surface area contributed by atoms with Gasteiger partial charge in [0.05, 0.1) is 12.7 Å². The highest BCUT2D eigenvalue weighted by molar-refractivity contribution is 6.08. The molecule has 30 heavy (non-hydrogen) atoms. The zero-order valence-corrected chi connectivity index (χ0v) is 17.1. The number of carbonyl (C=O) groups excluding carboxylic acids is 2. The summed E-state index contributed by atoms with van der Waals surface area (Å²) in [4.78, 5) is 25.1. The quantitative estimate of drug-likeness (QED) is 0.325. The first-order valence-electron chi connectivity index (χ1n) is 10.3. The number of esters is 1. The fraction of sp³-hybridized carbons (Fsp3) is 0.280. The number of carbonyl (C=O) groups is 2. The maximum Gasteiger partial charge on any atom is 0.310 e. The van der Waals surface area contributed by atoms with E-state index in [2.05, 4.69) is 4.57 Å². The van der Waals surface area contributed by atoms with Gasteiger partial charge in [-0.3, -0.25) is 9.59 Å². The van der Waals surface area contributed by atoms with E-state index < -0.39 is 5.97 Å². The van der Waals surface area contributed by atoms with Crippen LogP contribution in [0.25, 0.3) is 21.7 Å². The zero-order valence-electron chi connectivity index (χ0n) is 17.1. The summed E-state index contributed by atoms with van der Waals surface area (Å²) in [6.07, 6.45) is 3.98. The number of aromatic nitrogens is 1. The monoisotopic (exact) mass is 401 g/mol. The van der Waals surface area contributed by atoms with Crippen LogP contribution in [0.5, 0.6) is 0 Å². The predicted molar refractivity (Wildman–Crippen MR) is 115 cm³/mol. The molecule has 0 bridgehead atoms. The molecule has 0 N–H and O–H groups in total. The highest BCUT2D eigenvalue weighted by Crippen LogP contribution is 2.38. The van der Waals surface area contributed by atoms with E-state index in [4.69, 9.17) is 9.15 Å². The Balaban J connectivity index is 1.31. The van der Waals surface area contributed by atoms with Gasteiger partial charge in [-0.25, -0.2) is 0 Å². The number of rotatable bonds is 6. The van der Waals surface area contributed by atoms with Crippen molar-refractivity contribution in [2.75, 3.05) is 6.61 Å². The minimum absolute atomic E-state index is 0.0649. The summed E-state index contributed by atoms with van der Waals surface area (Å²) in [5, 5.41) is 3.04. The van der Waals surface area contributed by atoms with E-state index >= 15 is 0 Å². The van der Waals surface area contributed by atoms with Gasteiger partial charge >= 0.3 is 5.97 Å². The second-order valence-corrected chi connectivity index (χ2v) is 8.07. The number of fused-ring (bicyclic) bond motifs is 3. The number of Topliss-reactive ketones (excluding diaryl/α,β-unsaturated/α-hetero) is 1. The van der Waals surface area contributed by atoms with Crippen LogP contribution in [-0.4, -0.2) is 22.9 Å². The molecule has 152 valence electrons. The van der Waals surface area contributed by atoms with Crippen LogP contribution < -0.4 is 0 Å². The second kappa shape index (κ2) is 7.17. The molecule has 0 amide bonds. The fourth-order valence-corrected chi connectivity index (χ4v) is 4.39. The van der Waals surface area contributed by atoms with Crippen molar-refractivity contribution >= 4 is 33.5 Å². The molecule has 1 aliphatic rings. The third kappa shape index (κ3) is 3.20. The lowest BCUT2D eigenvalue weighted by Gasteiger charge is -2.08. The zero-order chi connectivity index (χ0) is 20.8. The van der Waals surface area contributed by atoms with Gasteiger partial charge in [0.2, 0.25) is 5.78 Å². The Morgan fingerprint density at radius 3 is 2.73 bits per heavy atom. The highest BCUT2D eigenvalue weighted by Gasteiger charge is 2.28. The van der Waals surface area contributed by atoms with Crippen molar-refractivity contribution in [3.05, 3.63) is 71.2 Å². The molecular weight excluding hydrogens is 378 g/mol. The lowest BCUT2D eigenvalue weighted by Crippen LogP contribution is -2.16. The Kier molecular flexibility index (Phi) is 4.46. The van der Waals surface area contributed by atoms with Gasteiger partial charge in [0.25, 0.3) is 0 Å². The largest absolute Gasteiger partial charge is 0.464 e. The first-order chi connectivity index (χ1) is 14.5. The summed E-state index contributed by atoms with van der Waals surface area (Å²) in [5.41, 5.74) is 4.20. The van der Waals surface area contributed by atoms with Gasteiger partial charge in [-0.15, -0.1) is 0 Å². The molecule has 0 atom stereocenters. The summed E-state index contributed by atoms with van der Waals surface area (Å²) in [7, 11) is 0. The van der Waals surface area contributed by atoms with Crippen LogP contribution >= 0.6 is 0 Å². The SMILES string of the molecule is Cc1cc(C(=O)COC(=O)Cc2coc3ccc4ccccc4c23)c(C)n1C1CC1. The maximum atomic E-state index is 12.7. The van der Waals surface area contributed by atoms with Crippen LogP contribution in [0.1, 0.15) is 46.2 Å². The number of hydrogen-bond acceptors (Lipinski definition) is 4. The summed E-state index contributed by atoms with van der Waals surface area (Å²) >= 11 is 0. The van der Waals surface area contributed by atoms with Crippen LogP contribution in [-0.2, 0) is 16.0 Å². The van der Waals surface area contributed by atoms with Gasteiger partial charge in [-0.1, -0.05) is 30.3 Å². The van der Waals surface area contributed by atoms with Gasteiger partial charge in [-0.05, 0) is 49.6 Å². The van der Waals surface area contributed by atoms with E-state index in [0.29, 0.717) is 11.6 Å². The van der Waals surface area contributed by atoms with Crippen molar-refractivity contribution in [1.82, 2.24) is 4.57 Å². The maximum absolute atomic E-state index is 12.7.